The van der Waals surface area contributed by atoms with Gasteiger partial charge in [-0.2, -0.15) is 0 Å². The monoisotopic (exact) mass is 233 g/mol. The lowest BCUT2D eigenvalue weighted by Gasteiger charge is -2.28. The van der Waals surface area contributed by atoms with E-state index in [1.807, 2.05) is 0 Å². The lowest BCUT2D eigenvalue weighted by Crippen LogP contribution is -2.32. The van der Waals surface area contributed by atoms with E-state index in [2.05, 4.69) is 31.2 Å². The van der Waals surface area contributed by atoms with E-state index >= 15 is 0 Å². The summed E-state index contributed by atoms with van der Waals surface area (Å²) < 4.78 is 5.39. The number of nitrogens with two attached hydrogens (primary N) is 1. The van der Waals surface area contributed by atoms with Crippen LogP contribution in [0.15, 0.2) is 24.3 Å². The molecule has 1 saturated carbocycles. The molecule has 0 saturated heterocycles. The Morgan fingerprint density at radius 1 is 1.35 bits per heavy atom. The van der Waals surface area contributed by atoms with E-state index in [-0.39, 0.29) is 11.5 Å². The molecule has 1 aliphatic carbocycles. The van der Waals surface area contributed by atoms with Gasteiger partial charge < -0.3 is 10.5 Å². The normalized spacial score (nSPS) is 20.4. The highest BCUT2D eigenvalue weighted by Gasteiger charge is 2.34. The van der Waals surface area contributed by atoms with Gasteiger partial charge in [0, 0.05) is 19.1 Å². The minimum absolute atomic E-state index is 0.158. The summed E-state index contributed by atoms with van der Waals surface area (Å²) in [5.74, 6) is 0. The molecule has 1 atom stereocenters. The van der Waals surface area contributed by atoms with Crippen molar-refractivity contribution >= 4 is 0 Å². The molecule has 0 amide bonds. The number of benzene rings is 1. The van der Waals surface area contributed by atoms with Crippen molar-refractivity contribution in [3.05, 3.63) is 35.4 Å². The molecule has 2 rings (SSSR count). The standard InChI is InChI=1S/C15H23NO/c1-12(17-2)13-6-5-7-14(10-13)15(11-16)8-3-4-9-15/h5-7,10,12H,3-4,8-9,11,16H2,1-2H3. The second-order valence-corrected chi connectivity index (χ2v) is 5.19. The average molecular weight is 233 g/mol. The fourth-order valence-electron chi connectivity index (χ4n) is 2.92. The molecule has 0 aliphatic heterocycles. The number of rotatable bonds is 4. The first-order chi connectivity index (χ1) is 8.22. The summed E-state index contributed by atoms with van der Waals surface area (Å²) in [6, 6.07) is 8.78. The topological polar surface area (TPSA) is 35.2 Å². The predicted molar refractivity (Wildman–Crippen MR) is 71.1 cm³/mol. The SMILES string of the molecule is COC(C)c1cccc(C2(CN)CCCC2)c1. The Morgan fingerprint density at radius 2 is 2.06 bits per heavy atom. The highest BCUT2D eigenvalue weighted by molar-refractivity contribution is 5.32. The largest absolute Gasteiger partial charge is 0.377 e. The Morgan fingerprint density at radius 3 is 2.65 bits per heavy atom. The minimum atomic E-state index is 0.158. The van der Waals surface area contributed by atoms with Gasteiger partial charge in [0.2, 0.25) is 0 Å². The van der Waals surface area contributed by atoms with Crippen molar-refractivity contribution in [2.45, 2.75) is 44.1 Å². The number of hydrogen-bond acceptors (Lipinski definition) is 2. The first-order valence-electron chi connectivity index (χ1n) is 6.55. The van der Waals surface area contributed by atoms with Gasteiger partial charge in [-0.15, -0.1) is 0 Å². The summed E-state index contributed by atoms with van der Waals surface area (Å²) in [6.45, 7) is 2.85. The molecule has 1 fully saturated rings. The van der Waals surface area contributed by atoms with Gasteiger partial charge in [0.1, 0.15) is 0 Å². The lowest BCUT2D eigenvalue weighted by atomic mass is 9.78. The molecule has 1 aromatic rings. The van der Waals surface area contributed by atoms with E-state index in [4.69, 9.17) is 10.5 Å². The van der Waals surface area contributed by atoms with E-state index in [1.54, 1.807) is 7.11 Å². The molecule has 0 heterocycles. The maximum Gasteiger partial charge on any atom is 0.0793 e. The highest BCUT2D eigenvalue weighted by Crippen LogP contribution is 2.40. The second kappa shape index (κ2) is 5.19. The second-order valence-electron chi connectivity index (χ2n) is 5.19. The molecule has 1 aromatic carbocycles. The van der Waals surface area contributed by atoms with Gasteiger partial charge >= 0.3 is 0 Å². The summed E-state index contributed by atoms with van der Waals surface area (Å²) in [5, 5.41) is 0. The van der Waals surface area contributed by atoms with Crippen molar-refractivity contribution in [1.82, 2.24) is 0 Å². The van der Waals surface area contributed by atoms with Gasteiger partial charge in [-0.1, -0.05) is 37.1 Å². The quantitative estimate of drug-likeness (QED) is 0.867. The third kappa shape index (κ3) is 2.38. The molecule has 0 spiro atoms. The van der Waals surface area contributed by atoms with Gasteiger partial charge in [-0.3, -0.25) is 0 Å². The van der Waals surface area contributed by atoms with Crippen LogP contribution < -0.4 is 5.73 Å². The molecule has 0 aromatic heterocycles. The van der Waals surface area contributed by atoms with Crippen molar-refractivity contribution < 1.29 is 4.74 Å². The predicted octanol–water partition coefficient (Wildman–Crippen LogP) is 3.16. The van der Waals surface area contributed by atoms with Crippen LogP contribution in [0.5, 0.6) is 0 Å². The molecule has 17 heavy (non-hydrogen) atoms. The number of hydrogen-bond donors (Lipinski definition) is 1. The summed E-state index contributed by atoms with van der Waals surface area (Å²) >= 11 is 0. The van der Waals surface area contributed by atoms with Crippen molar-refractivity contribution in [3.63, 3.8) is 0 Å². The molecule has 2 nitrogen and oxygen atoms in total. The van der Waals surface area contributed by atoms with Gasteiger partial charge in [-0.25, -0.2) is 0 Å². The molecule has 94 valence electrons. The van der Waals surface area contributed by atoms with E-state index in [0.717, 1.165) is 6.54 Å². The van der Waals surface area contributed by atoms with Gasteiger partial charge in [0.05, 0.1) is 6.10 Å². The molecule has 1 unspecified atom stereocenters. The van der Waals surface area contributed by atoms with E-state index in [9.17, 15) is 0 Å². The Kier molecular flexibility index (Phi) is 3.85. The third-order valence-electron chi connectivity index (χ3n) is 4.27. The van der Waals surface area contributed by atoms with Gasteiger partial charge in [0.25, 0.3) is 0 Å². The van der Waals surface area contributed by atoms with Crippen LogP contribution in [0.3, 0.4) is 0 Å². The Hall–Kier alpha value is -0.860. The van der Waals surface area contributed by atoms with Crippen molar-refractivity contribution in [2.24, 2.45) is 5.73 Å². The molecular weight excluding hydrogens is 210 g/mol. The minimum Gasteiger partial charge on any atom is -0.377 e. The molecule has 2 heteroatoms. The van der Waals surface area contributed by atoms with Crippen molar-refractivity contribution in [1.29, 1.82) is 0 Å². The Balaban J connectivity index is 2.31. The van der Waals surface area contributed by atoms with Crippen LogP contribution in [0.25, 0.3) is 0 Å². The van der Waals surface area contributed by atoms with Crippen LogP contribution in [0.4, 0.5) is 0 Å². The Labute approximate surface area is 104 Å². The lowest BCUT2D eigenvalue weighted by molar-refractivity contribution is 0.119. The molecule has 0 bridgehead atoms. The fraction of sp³-hybridized carbons (Fsp3) is 0.600. The summed E-state index contributed by atoms with van der Waals surface area (Å²) in [6.07, 6.45) is 5.23. The Bertz CT molecular complexity index is 369. The van der Waals surface area contributed by atoms with Crippen LogP contribution >= 0.6 is 0 Å². The molecular formula is C15H23NO. The van der Waals surface area contributed by atoms with E-state index in [1.165, 1.54) is 36.8 Å². The van der Waals surface area contributed by atoms with E-state index < -0.39 is 0 Å². The zero-order chi connectivity index (χ0) is 12.3. The van der Waals surface area contributed by atoms with Gasteiger partial charge in [0.15, 0.2) is 0 Å². The maximum absolute atomic E-state index is 6.03. The fourth-order valence-corrected chi connectivity index (χ4v) is 2.92. The van der Waals surface area contributed by atoms with Crippen molar-refractivity contribution in [2.75, 3.05) is 13.7 Å². The number of methoxy groups -OCH3 is 1. The zero-order valence-electron chi connectivity index (χ0n) is 10.9. The summed E-state index contributed by atoms with van der Waals surface area (Å²) in [4.78, 5) is 0. The van der Waals surface area contributed by atoms with Gasteiger partial charge in [-0.05, 0) is 30.9 Å². The average Bonchev–Trinajstić information content (AvgIpc) is 2.88. The van der Waals surface area contributed by atoms with E-state index in [0.29, 0.717) is 0 Å². The first kappa shape index (κ1) is 12.6. The van der Waals surface area contributed by atoms with Crippen LogP contribution in [0.2, 0.25) is 0 Å². The van der Waals surface area contributed by atoms with Crippen LogP contribution in [-0.4, -0.2) is 13.7 Å². The van der Waals surface area contributed by atoms with Crippen LogP contribution in [-0.2, 0) is 10.2 Å². The molecule has 0 radical (unpaired) electrons. The smallest absolute Gasteiger partial charge is 0.0793 e. The maximum atomic E-state index is 6.03. The zero-order valence-corrected chi connectivity index (χ0v) is 10.9. The van der Waals surface area contributed by atoms with Crippen molar-refractivity contribution in [3.8, 4) is 0 Å². The van der Waals surface area contributed by atoms with Crippen LogP contribution in [0, 0.1) is 0 Å². The first-order valence-corrected chi connectivity index (χ1v) is 6.55. The molecule has 1 aliphatic rings. The number of ether oxygens (including phenoxy) is 1. The third-order valence-corrected chi connectivity index (χ3v) is 4.27. The molecule has 2 N–H and O–H groups in total. The highest BCUT2D eigenvalue weighted by atomic mass is 16.5. The summed E-state index contributed by atoms with van der Waals surface area (Å²) in [5.41, 5.74) is 8.91. The van der Waals surface area contributed by atoms with Crippen LogP contribution in [0.1, 0.15) is 49.8 Å². The summed E-state index contributed by atoms with van der Waals surface area (Å²) in [7, 11) is 1.76.